The Labute approximate surface area is 106 Å². The highest BCUT2D eigenvalue weighted by Crippen LogP contribution is 2.12. The van der Waals surface area contributed by atoms with Crippen molar-refractivity contribution >= 4 is 17.8 Å². The van der Waals surface area contributed by atoms with Crippen LogP contribution in [0.3, 0.4) is 0 Å². The van der Waals surface area contributed by atoms with Gasteiger partial charge in [-0.15, -0.1) is 0 Å². The van der Waals surface area contributed by atoms with Gasteiger partial charge in [0.2, 0.25) is 5.91 Å². The predicted octanol–water partition coefficient (Wildman–Crippen LogP) is 0.377. The molecule has 2 saturated heterocycles. The molecule has 100 valence electrons. The molecular formula is C12H19N3O3. The number of hydrogen-bond donors (Lipinski definition) is 2. The van der Waals surface area contributed by atoms with Crippen LogP contribution in [0.5, 0.6) is 0 Å². The van der Waals surface area contributed by atoms with Crippen LogP contribution in [0.15, 0.2) is 0 Å². The number of nitrogens with zero attached hydrogens (tertiary/aromatic N) is 1. The average molecular weight is 253 g/mol. The van der Waals surface area contributed by atoms with Crippen molar-refractivity contribution in [1.29, 1.82) is 0 Å². The average Bonchev–Trinajstić information content (AvgIpc) is 2.59. The summed E-state index contributed by atoms with van der Waals surface area (Å²) in [6, 6.07) is -1.01. The summed E-state index contributed by atoms with van der Waals surface area (Å²) in [7, 11) is 0. The van der Waals surface area contributed by atoms with Gasteiger partial charge in [-0.2, -0.15) is 0 Å². The highest BCUT2D eigenvalue weighted by atomic mass is 16.2. The second kappa shape index (κ2) is 5.84. The molecule has 2 aliphatic rings. The molecule has 0 spiro atoms. The molecule has 2 aliphatic heterocycles. The molecule has 6 heteroatoms. The summed E-state index contributed by atoms with van der Waals surface area (Å²) in [5, 5.41) is 4.67. The molecule has 0 aromatic heterocycles. The molecular weight excluding hydrogens is 234 g/mol. The zero-order chi connectivity index (χ0) is 13.0. The van der Waals surface area contributed by atoms with Crippen molar-refractivity contribution in [2.75, 3.05) is 13.1 Å². The van der Waals surface area contributed by atoms with Gasteiger partial charge in [0, 0.05) is 19.5 Å². The number of imide groups is 1. The first-order valence-corrected chi connectivity index (χ1v) is 6.56. The van der Waals surface area contributed by atoms with Crippen LogP contribution in [0.25, 0.3) is 0 Å². The lowest BCUT2D eigenvalue weighted by molar-refractivity contribution is -0.131. The van der Waals surface area contributed by atoms with Crippen LogP contribution < -0.4 is 10.6 Å². The van der Waals surface area contributed by atoms with E-state index in [-0.39, 0.29) is 11.8 Å². The number of likely N-dealkylation sites (tertiary alicyclic amines) is 1. The van der Waals surface area contributed by atoms with Crippen molar-refractivity contribution in [2.45, 2.75) is 44.6 Å². The Morgan fingerprint density at radius 3 is 2.39 bits per heavy atom. The van der Waals surface area contributed by atoms with Crippen molar-refractivity contribution in [3.05, 3.63) is 0 Å². The van der Waals surface area contributed by atoms with E-state index in [2.05, 4.69) is 10.6 Å². The van der Waals surface area contributed by atoms with Crippen LogP contribution in [0, 0.1) is 0 Å². The van der Waals surface area contributed by atoms with Crippen molar-refractivity contribution in [3.8, 4) is 0 Å². The molecule has 0 aromatic carbocycles. The molecule has 2 heterocycles. The van der Waals surface area contributed by atoms with E-state index in [0.29, 0.717) is 12.8 Å². The van der Waals surface area contributed by atoms with E-state index in [1.807, 2.05) is 4.90 Å². The second-order valence-electron chi connectivity index (χ2n) is 4.85. The summed E-state index contributed by atoms with van der Waals surface area (Å²) < 4.78 is 0. The summed E-state index contributed by atoms with van der Waals surface area (Å²) in [6.07, 6.45) is 5.19. The lowest BCUT2D eigenvalue weighted by atomic mass is 10.1. The standard InChI is InChI=1S/C12H19N3O3/c16-10(15-7-3-1-2-4-8-15)6-5-9-11(17)14-12(18)13-9/h9H,1-8H2,(H2,13,14,17,18)/t9-/m0/s1. The van der Waals surface area contributed by atoms with Crippen molar-refractivity contribution < 1.29 is 14.4 Å². The van der Waals surface area contributed by atoms with Gasteiger partial charge in [-0.05, 0) is 19.3 Å². The Hall–Kier alpha value is -1.59. The SMILES string of the molecule is O=C1NC(=O)[C@H](CCC(=O)N2CCCCCC2)N1. The molecule has 2 N–H and O–H groups in total. The number of nitrogens with one attached hydrogen (secondary N) is 2. The molecule has 0 bridgehead atoms. The van der Waals surface area contributed by atoms with Crippen molar-refractivity contribution in [3.63, 3.8) is 0 Å². The van der Waals surface area contributed by atoms with E-state index in [1.54, 1.807) is 0 Å². The molecule has 0 saturated carbocycles. The molecule has 0 aliphatic carbocycles. The monoisotopic (exact) mass is 253 g/mol. The molecule has 0 unspecified atom stereocenters. The van der Waals surface area contributed by atoms with Crippen LogP contribution in [0.1, 0.15) is 38.5 Å². The highest BCUT2D eigenvalue weighted by Gasteiger charge is 2.30. The zero-order valence-electron chi connectivity index (χ0n) is 10.4. The first kappa shape index (κ1) is 12.9. The Balaban J connectivity index is 1.77. The van der Waals surface area contributed by atoms with Crippen molar-refractivity contribution in [1.82, 2.24) is 15.5 Å². The third-order valence-electron chi connectivity index (χ3n) is 3.46. The minimum atomic E-state index is -0.548. The van der Waals surface area contributed by atoms with Gasteiger partial charge in [0.15, 0.2) is 0 Å². The van der Waals surface area contributed by atoms with Gasteiger partial charge >= 0.3 is 6.03 Å². The van der Waals surface area contributed by atoms with Crippen LogP contribution in [-0.4, -0.2) is 41.9 Å². The molecule has 1 atom stereocenters. The largest absolute Gasteiger partial charge is 0.343 e. The summed E-state index contributed by atoms with van der Waals surface area (Å²) in [5.74, 6) is -0.241. The fourth-order valence-electron chi connectivity index (χ4n) is 2.41. The Kier molecular flexibility index (Phi) is 4.17. The number of rotatable bonds is 3. The highest BCUT2D eigenvalue weighted by molar-refractivity contribution is 6.04. The summed E-state index contributed by atoms with van der Waals surface area (Å²) >= 11 is 0. The van der Waals surface area contributed by atoms with Gasteiger partial charge in [-0.1, -0.05) is 12.8 Å². The molecule has 0 radical (unpaired) electrons. The topological polar surface area (TPSA) is 78.5 Å². The fourth-order valence-corrected chi connectivity index (χ4v) is 2.41. The summed E-state index contributed by atoms with van der Waals surface area (Å²) in [4.78, 5) is 36.1. The van der Waals surface area contributed by atoms with E-state index in [4.69, 9.17) is 0 Å². The Bertz CT molecular complexity index is 348. The van der Waals surface area contributed by atoms with E-state index in [0.717, 1.165) is 25.9 Å². The van der Waals surface area contributed by atoms with E-state index in [1.165, 1.54) is 12.8 Å². The first-order valence-electron chi connectivity index (χ1n) is 6.56. The molecule has 2 rings (SSSR count). The molecule has 4 amide bonds. The smallest absolute Gasteiger partial charge is 0.322 e. The molecule has 18 heavy (non-hydrogen) atoms. The molecule has 2 fully saturated rings. The lowest BCUT2D eigenvalue weighted by Gasteiger charge is -2.20. The molecule has 0 aromatic rings. The third kappa shape index (κ3) is 3.21. The van der Waals surface area contributed by atoms with Gasteiger partial charge in [0.05, 0.1) is 0 Å². The number of hydrogen-bond acceptors (Lipinski definition) is 3. The quantitative estimate of drug-likeness (QED) is 0.714. The minimum absolute atomic E-state index is 0.0887. The minimum Gasteiger partial charge on any atom is -0.343 e. The Morgan fingerprint density at radius 1 is 1.17 bits per heavy atom. The maximum atomic E-state index is 12.0. The van der Waals surface area contributed by atoms with Crippen LogP contribution >= 0.6 is 0 Å². The summed E-state index contributed by atoms with van der Waals surface area (Å²) in [5.41, 5.74) is 0. The lowest BCUT2D eigenvalue weighted by Crippen LogP contribution is -2.35. The number of amides is 4. The van der Waals surface area contributed by atoms with Crippen LogP contribution in [-0.2, 0) is 9.59 Å². The number of urea groups is 1. The number of carbonyl (C=O) groups excluding carboxylic acids is 3. The maximum Gasteiger partial charge on any atom is 0.322 e. The van der Waals surface area contributed by atoms with Gasteiger partial charge in [0.25, 0.3) is 5.91 Å². The first-order chi connectivity index (χ1) is 8.66. The van der Waals surface area contributed by atoms with E-state index >= 15 is 0 Å². The maximum absolute atomic E-state index is 12.0. The molecule has 6 nitrogen and oxygen atoms in total. The summed E-state index contributed by atoms with van der Waals surface area (Å²) in [6.45, 7) is 1.64. The second-order valence-corrected chi connectivity index (χ2v) is 4.85. The Morgan fingerprint density at radius 2 is 1.83 bits per heavy atom. The van der Waals surface area contributed by atoms with Gasteiger partial charge in [0.1, 0.15) is 6.04 Å². The van der Waals surface area contributed by atoms with E-state index in [9.17, 15) is 14.4 Å². The van der Waals surface area contributed by atoms with Crippen molar-refractivity contribution in [2.24, 2.45) is 0 Å². The normalized spacial score (nSPS) is 24.4. The number of carbonyl (C=O) groups is 3. The third-order valence-corrected chi connectivity index (χ3v) is 3.46. The predicted molar refractivity (Wildman–Crippen MR) is 64.7 cm³/mol. The van der Waals surface area contributed by atoms with Gasteiger partial charge < -0.3 is 10.2 Å². The van der Waals surface area contributed by atoms with E-state index < -0.39 is 12.1 Å². The van der Waals surface area contributed by atoms with Crippen LogP contribution in [0.4, 0.5) is 4.79 Å². The van der Waals surface area contributed by atoms with Gasteiger partial charge in [-0.3, -0.25) is 14.9 Å². The van der Waals surface area contributed by atoms with Crippen LogP contribution in [0.2, 0.25) is 0 Å². The van der Waals surface area contributed by atoms with Gasteiger partial charge in [-0.25, -0.2) is 4.79 Å². The zero-order valence-corrected chi connectivity index (χ0v) is 10.4. The fraction of sp³-hybridized carbons (Fsp3) is 0.750.